The minimum atomic E-state index is -0.899. The predicted molar refractivity (Wildman–Crippen MR) is 177 cm³/mol. The van der Waals surface area contributed by atoms with Gasteiger partial charge >= 0.3 is 18.3 Å². The lowest BCUT2D eigenvalue weighted by Gasteiger charge is -2.32. The molecule has 14 heteroatoms. The van der Waals surface area contributed by atoms with E-state index in [4.69, 9.17) is 18.9 Å². The van der Waals surface area contributed by atoms with E-state index in [-0.39, 0.29) is 41.5 Å². The van der Waals surface area contributed by atoms with Crippen LogP contribution in [0.3, 0.4) is 0 Å². The Kier molecular flexibility index (Phi) is 9.17. The van der Waals surface area contributed by atoms with Gasteiger partial charge in [0.05, 0.1) is 17.8 Å². The summed E-state index contributed by atoms with van der Waals surface area (Å²) in [4.78, 5) is 48.9. The van der Waals surface area contributed by atoms with Crippen LogP contribution in [0.2, 0.25) is 0 Å². The van der Waals surface area contributed by atoms with Crippen LogP contribution in [-0.4, -0.2) is 69.4 Å². The first-order valence-corrected chi connectivity index (χ1v) is 15.8. The maximum absolute atomic E-state index is 16.6. The van der Waals surface area contributed by atoms with Crippen LogP contribution in [0.1, 0.15) is 73.3 Å². The molecule has 1 aliphatic heterocycles. The van der Waals surface area contributed by atoms with Gasteiger partial charge in [0.15, 0.2) is 5.82 Å². The molecule has 5 rings (SSSR count). The number of nitrogens with zero attached hydrogens (tertiary/aromatic N) is 3. The standard InChI is InChI=1S/C34H42FN5O8/c1-18-22(16-37-28-27(18)40(11-12-45-28)31(43)48-33(5,6)7)21-13-19-14-24(38-29(41)46-20-9-10-34(8,44)15-20)36-17-23(19)26(25(21)35)39-30(42)47-32(2,3)4/h13-14,16-17,20,44H,9-12,15H2,1-8H3,(H,39,42)(H,36,38,41)/t20-,34-/m0/s1. The van der Waals surface area contributed by atoms with Gasteiger partial charge < -0.3 is 24.1 Å². The van der Waals surface area contributed by atoms with Crippen molar-refractivity contribution in [1.82, 2.24) is 9.97 Å². The SMILES string of the molecule is Cc1c(-c2cc3cc(NC(=O)O[C@H]4CC[C@](C)(O)C4)ncc3c(NC(=O)OC(C)(C)C)c2F)cnc2c1N(C(=O)OC(C)(C)C)CCO2. The monoisotopic (exact) mass is 667 g/mol. The third-order valence-corrected chi connectivity index (χ3v) is 7.76. The van der Waals surface area contributed by atoms with Crippen LogP contribution in [-0.2, 0) is 14.2 Å². The molecule has 1 aromatic carbocycles. The molecule has 1 saturated carbocycles. The summed E-state index contributed by atoms with van der Waals surface area (Å²) in [5, 5.41) is 16.0. The summed E-state index contributed by atoms with van der Waals surface area (Å²) in [6.45, 7) is 14.1. The highest BCUT2D eigenvalue weighted by Gasteiger charge is 2.36. The summed E-state index contributed by atoms with van der Waals surface area (Å²) < 4.78 is 38.8. The molecule has 48 heavy (non-hydrogen) atoms. The van der Waals surface area contributed by atoms with E-state index >= 15 is 4.39 Å². The third kappa shape index (κ3) is 7.87. The van der Waals surface area contributed by atoms with Gasteiger partial charge in [-0.15, -0.1) is 0 Å². The molecule has 3 aromatic rings. The Morgan fingerprint density at radius 3 is 2.38 bits per heavy atom. The predicted octanol–water partition coefficient (Wildman–Crippen LogP) is 7.08. The number of halogens is 1. The van der Waals surface area contributed by atoms with Gasteiger partial charge in [-0.3, -0.25) is 15.5 Å². The van der Waals surface area contributed by atoms with Crippen molar-refractivity contribution >= 4 is 46.2 Å². The quantitative estimate of drug-likeness (QED) is 0.245. The number of amides is 3. The molecule has 0 radical (unpaired) electrons. The lowest BCUT2D eigenvalue weighted by atomic mass is 9.96. The summed E-state index contributed by atoms with van der Waals surface area (Å²) in [7, 11) is 0. The number of hydrogen-bond donors (Lipinski definition) is 3. The fourth-order valence-electron chi connectivity index (χ4n) is 5.72. The first-order valence-electron chi connectivity index (χ1n) is 15.8. The molecule has 258 valence electrons. The summed E-state index contributed by atoms with van der Waals surface area (Å²) in [5.41, 5.74) is -1.55. The molecule has 3 amide bonds. The van der Waals surface area contributed by atoms with Crippen molar-refractivity contribution in [2.45, 2.75) is 97.6 Å². The van der Waals surface area contributed by atoms with Crippen LogP contribution in [0, 0.1) is 12.7 Å². The van der Waals surface area contributed by atoms with E-state index in [2.05, 4.69) is 20.6 Å². The molecule has 0 spiro atoms. The molecule has 3 N–H and O–H groups in total. The van der Waals surface area contributed by atoms with E-state index in [9.17, 15) is 19.5 Å². The van der Waals surface area contributed by atoms with E-state index in [0.717, 1.165) is 0 Å². The van der Waals surface area contributed by atoms with E-state index in [1.54, 1.807) is 55.4 Å². The van der Waals surface area contributed by atoms with Crippen molar-refractivity contribution in [2.24, 2.45) is 0 Å². The van der Waals surface area contributed by atoms with Crippen LogP contribution in [0.4, 0.5) is 36.0 Å². The van der Waals surface area contributed by atoms with E-state index in [0.29, 0.717) is 41.5 Å². The van der Waals surface area contributed by atoms with Crippen molar-refractivity contribution in [1.29, 1.82) is 0 Å². The first kappa shape index (κ1) is 34.6. The second-order valence-corrected chi connectivity index (χ2v) is 14.4. The summed E-state index contributed by atoms with van der Waals surface area (Å²) in [5.74, 6) is -0.489. The normalized spacial score (nSPS) is 19.3. The number of aliphatic hydroxyl groups is 1. The Labute approximate surface area is 278 Å². The molecular weight excluding hydrogens is 625 g/mol. The number of anilines is 3. The zero-order chi connectivity index (χ0) is 35.2. The smallest absolute Gasteiger partial charge is 0.415 e. The number of fused-ring (bicyclic) bond motifs is 2. The fourth-order valence-corrected chi connectivity index (χ4v) is 5.72. The molecule has 1 aliphatic carbocycles. The minimum Gasteiger partial charge on any atom is -0.474 e. The van der Waals surface area contributed by atoms with Gasteiger partial charge in [-0.25, -0.2) is 28.7 Å². The second kappa shape index (κ2) is 12.7. The highest BCUT2D eigenvalue weighted by molar-refractivity contribution is 6.05. The van der Waals surface area contributed by atoms with Gasteiger partial charge in [-0.05, 0) is 91.3 Å². The van der Waals surface area contributed by atoms with Gasteiger partial charge in [0, 0.05) is 35.3 Å². The molecule has 2 aliphatic rings. The number of rotatable bonds is 4. The number of nitrogens with one attached hydrogen (secondary N) is 2. The van der Waals surface area contributed by atoms with Crippen molar-refractivity contribution in [3.8, 4) is 17.0 Å². The fraction of sp³-hybridized carbons (Fsp3) is 0.500. The van der Waals surface area contributed by atoms with E-state index in [1.165, 1.54) is 29.4 Å². The second-order valence-electron chi connectivity index (χ2n) is 14.4. The largest absolute Gasteiger partial charge is 0.474 e. The van der Waals surface area contributed by atoms with Crippen LogP contribution < -0.4 is 20.3 Å². The molecule has 3 heterocycles. The number of hydrogen-bond acceptors (Lipinski definition) is 10. The Bertz CT molecular complexity index is 1770. The zero-order valence-electron chi connectivity index (χ0n) is 28.4. The van der Waals surface area contributed by atoms with Crippen molar-refractivity contribution < 1.29 is 42.8 Å². The van der Waals surface area contributed by atoms with Crippen LogP contribution in [0.25, 0.3) is 21.9 Å². The van der Waals surface area contributed by atoms with Crippen molar-refractivity contribution in [2.75, 3.05) is 28.7 Å². The maximum atomic E-state index is 16.6. The van der Waals surface area contributed by atoms with Crippen LogP contribution in [0.5, 0.6) is 5.88 Å². The lowest BCUT2D eigenvalue weighted by molar-refractivity contribution is 0.0451. The first-order chi connectivity index (χ1) is 22.3. The number of ether oxygens (including phenoxy) is 4. The highest BCUT2D eigenvalue weighted by Crippen LogP contribution is 2.43. The number of carbonyl (C=O) groups is 3. The van der Waals surface area contributed by atoms with E-state index in [1.807, 2.05) is 0 Å². The maximum Gasteiger partial charge on any atom is 0.415 e. The molecule has 0 saturated heterocycles. The van der Waals surface area contributed by atoms with Gasteiger partial charge in [-0.1, -0.05) is 0 Å². The molecule has 0 unspecified atom stereocenters. The minimum absolute atomic E-state index is 0.0454. The molecule has 1 fully saturated rings. The number of benzene rings is 1. The molecule has 2 atom stereocenters. The van der Waals surface area contributed by atoms with Crippen molar-refractivity contribution in [3.05, 3.63) is 35.9 Å². The average molecular weight is 668 g/mol. The van der Waals surface area contributed by atoms with Crippen molar-refractivity contribution in [3.63, 3.8) is 0 Å². The summed E-state index contributed by atoms with van der Waals surface area (Å²) in [6.07, 6.45) is 1.42. The molecule has 13 nitrogen and oxygen atoms in total. The van der Waals surface area contributed by atoms with Gasteiger partial charge in [0.1, 0.15) is 35.4 Å². The lowest BCUT2D eigenvalue weighted by Crippen LogP contribution is -2.42. The Morgan fingerprint density at radius 1 is 1.02 bits per heavy atom. The molecule has 2 aromatic heterocycles. The molecular formula is C34H42FN5O8. The number of carbonyl (C=O) groups excluding carboxylic acids is 3. The summed E-state index contributed by atoms with van der Waals surface area (Å²) in [6, 6.07) is 3.05. The summed E-state index contributed by atoms with van der Waals surface area (Å²) >= 11 is 0. The average Bonchev–Trinajstić information content (AvgIpc) is 3.30. The van der Waals surface area contributed by atoms with Crippen LogP contribution in [0.15, 0.2) is 24.5 Å². The highest BCUT2D eigenvalue weighted by atomic mass is 19.1. The van der Waals surface area contributed by atoms with E-state index < -0.39 is 47.0 Å². The number of pyridine rings is 2. The Morgan fingerprint density at radius 2 is 1.73 bits per heavy atom. The van der Waals surface area contributed by atoms with Gasteiger partial charge in [0.25, 0.3) is 0 Å². The Hall–Kier alpha value is -4.72. The zero-order valence-corrected chi connectivity index (χ0v) is 28.4. The van der Waals surface area contributed by atoms with Gasteiger partial charge in [0.2, 0.25) is 5.88 Å². The topological polar surface area (TPSA) is 161 Å². The van der Waals surface area contributed by atoms with Crippen LogP contribution >= 0.6 is 0 Å². The molecule has 0 bridgehead atoms. The number of aromatic nitrogens is 2. The third-order valence-electron chi connectivity index (χ3n) is 7.76. The van der Waals surface area contributed by atoms with Gasteiger partial charge in [-0.2, -0.15) is 0 Å². The Balaban J connectivity index is 1.57.